The molecule has 0 atom stereocenters. The highest BCUT2D eigenvalue weighted by Gasteiger charge is 2.19. The Morgan fingerprint density at radius 3 is 2.63 bits per heavy atom. The highest BCUT2D eigenvalue weighted by Crippen LogP contribution is 2.26. The number of fused-ring (bicyclic) bond motifs is 1. The predicted molar refractivity (Wildman–Crippen MR) is 103 cm³/mol. The highest BCUT2D eigenvalue weighted by molar-refractivity contribution is 5.90. The van der Waals surface area contributed by atoms with Crippen molar-refractivity contribution < 1.29 is 9.72 Å². The summed E-state index contributed by atoms with van der Waals surface area (Å²) in [5.41, 5.74) is 2.14. The van der Waals surface area contributed by atoms with Gasteiger partial charge in [-0.05, 0) is 29.3 Å². The molecule has 2 aromatic carbocycles. The van der Waals surface area contributed by atoms with Crippen molar-refractivity contribution in [1.82, 2.24) is 9.55 Å². The molecule has 0 fully saturated rings. The molecule has 0 aliphatic rings. The van der Waals surface area contributed by atoms with Crippen LogP contribution in [0.2, 0.25) is 0 Å². The Balaban J connectivity index is 1.97. The largest absolute Gasteiger partial charge is 0.497 e. The van der Waals surface area contributed by atoms with E-state index in [0.717, 1.165) is 16.7 Å². The molecule has 4 aromatic rings. The van der Waals surface area contributed by atoms with Gasteiger partial charge >= 0.3 is 5.69 Å². The Bertz CT molecular complexity index is 1230. The van der Waals surface area contributed by atoms with E-state index in [-0.39, 0.29) is 0 Å². The fourth-order valence-corrected chi connectivity index (χ4v) is 3.21. The highest BCUT2D eigenvalue weighted by atomic mass is 16.5. The SMILES string of the molecule is COc1cccc(-c2cc[nH+]c3c2c(=O)[nH]c(=O)n3Cc2ccccc2)c1. The fourth-order valence-electron chi connectivity index (χ4n) is 3.21. The first-order valence-corrected chi connectivity index (χ1v) is 8.53. The second-order valence-corrected chi connectivity index (χ2v) is 6.18. The third kappa shape index (κ3) is 3.13. The molecule has 6 nitrogen and oxygen atoms in total. The van der Waals surface area contributed by atoms with E-state index >= 15 is 0 Å². The number of nitrogens with zero attached hydrogens (tertiary/aromatic N) is 1. The van der Waals surface area contributed by atoms with Gasteiger partial charge < -0.3 is 4.74 Å². The minimum atomic E-state index is -0.449. The number of H-pyrrole nitrogens is 2. The van der Waals surface area contributed by atoms with Crippen molar-refractivity contribution in [3.63, 3.8) is 0 Å². The average molecular weight is 360 g/mol. The Hall–Kier alpha value is -3.67. The number of nitrogens with one attached hydrogen (secondary N) is 2. The maximum absolute atomic E-state index is 12.6. The van der Waals surface area contributed by atoms with Crippen molar-refractivity contribution in [2.75, 3.05) is 7.11 Å². The summed E-state index contributed by atoms with van der Waals surface area (Å²) in [6.07, 6.45) is 1.73. The molecule has 2 heterocycles. The van der Waals surface area contributed by atoms with Gasteiger partial charge in [0.1, 0.15) is 17.7 Å². The standard InChI is InChI=1S/C21H17N3O3/c1-27-16-9-5-8-15(12-16)17-10-11-22-19-18(17)20(25)23-21(26)24(19)13-14-6-3-2-4-7-14/h2-12H,13H2,1H3,(H,23,25,26)/p+1. The van der Waals surface area contributed by atoms with Gasteiger partial charge in [-0.1, -0.05) is 42.5 Å². The number of hydrogen-bond acceptors (Lipinski definition) is 3. The van der Waals surface area contributed by atoms with Crippen LogP contribution in [0.25, 0.3) is 22.2 Å². The normalized spacial score (nSPS) is 10.9. The molecular weight excluding hydrogens is 342 g/mol. The van der Waals surface area contributed by atoms with Gasteiger partial charge in [0.15, 0.2) is 0 Å². The summed E-state index contributed by atoms with van der Waals surface area (Å²) in [6.45, 7) is 0.352. The van der Waals surface area contributed by atoms with Crippen LogP contribution in [-0.4, -0.2) is 16.7 Å². The zero-order chi connectivity index (χ0) is 18.8. The molecule has 2 aromatic heterocycles. The van der Waals surface area contributed by atoms with E-state index in [9.17, 15) is 9.59 Å². The van der Waals surface area contributed by atoms with E-state index in [1.807, 2.05) is 60.7 Å². The van der Waals surface area contributed by atoms with Gasteiger partial charge in [-0.25, -0.2) is 9.78 Å². The summed E-state index contributed by atoms with van der Waals surface area (Å²) >= 11 is 0. The summed E-state index contributed by atoms with van der Waals surface area (Å²) in [7, 11) is 1.60. The smallest absolute Gasteiger partial charge is 0.416 e. The van der Waals surface area contributed by atoms with Gasteiger partial charge in [-0.15, -0.1) is 0 Å². The topological polar surface area (TPSA) is 78.2 Å². The lowest BCUT2D eigenvalue weighted by atomic mass is 10.0. The molecular formula is C21H18N3O3+. The number of rotatable bonds is 4. The summed E-state index contributed by atoms with van der Waals surface area (Å²) in [5.74, 6) is 0.697. The Morgan fingerprint density at radius 2 is 1.85 bits per heavy atom. The lowest BCUT2D eigenvalue weighted by Gasteiger charge is -2.08. The van der Waals surface area contributed by atoms with Crippen molar-refractivity contribution in [2.24, 2.45) is 0 Å². The molecule has 0 aliphatic carbocycles. The molecule has 0 spiro atoms. The van der Waals surface area contributed by atoms with Crippen LogP contribution in [0, 0.1) is 0 Å². The average Bonchev–Trinajstić information content (AvgIpc) is 2.71. The number of methoxy groups -OCH3 is 1. The van der Waals surface area contributed by atoms with E-state index in [1.165, 1.54) is 4.57 Å². The molecule has 4 rings (SSSR count). The van der Waals surface area contributed by atoms with E-state index < -0.39 is 11.2 Å². The Kier molecular flexibility index (Phi) is 4.30. The summed E-state index contributed by atoms with van der Waals surface area (Å²) in [6, 6.07) is 18.9. The third-order valence-corrected chi connectivity index (χ3v) is 4.50. The van der Waals surface area contributed by atoms with Crippen LogP contribution in [0.1, 0.15) is 5.56 Å². The van der Waals surface area contributed by atoms with Gasteiger partial charge in [-0.3, -0.25) is 9.78 Å². The second kappa shape index (κ2) is 6.92. The lowest BCUT2D eigenvalue weighted by molar-refractivity contribution is -0.349. The van der Waals surface area contributed by atoms with E-state index in [1.54, 1.807) is 13.3 Å². The number of aromatic nitrogens is 3. The van der Waals surface area contributed by atoms with Gasteiger partial charge in [0.25, 0.3) is 11.2 Å². The van der Waals surface area contributed by atoms with Crippen LogP contribution in [0.15, 0.2) is 76.4 Å². The van der Waals surface area contributed by atoms with Crippen LogP contribution in [0.4, 0.5) is 0 Å². The quantitative estimate of drug-likeness (QED) is 0.606. The van der Waals surface area contributed by atoms with Crippen LogP contribution in [0.3, 0.4) is 0 Å². The first-order chi connectivity index (χ1) is 13.2. The Morgan fingerprint density at radius 1 is 1.04 bits per heavy atom. The van der Waals surface area contributed by atoms with Crippen LogP contribution in [0.5, 0.6) is 5.75 Å². The van der Waals surface area contributed by atoms with Crippen molar-refractivity contribution in [3.05, 3.63) is 93.3 Å². The van der Waals surface area contributed by atoms with Crippen molar-refractivity contribution in [3.8, 4) is 16.9 Å². The third-order valence-electron chi connectivity index (χ3n) is 4.50. The number of hydrogen-bond donors (Lipinski definition) is 1. The van der Waals surface area contributed by atoms with E-state index in [2.05, 4.69) is 9.97 Å². The molecule has 0 radical (unpaired) electrons. The number of benzene rings is 2. The molecule has 27 heavy (non-hydrogen) atoms. The molecule has 0 aliphatic heterocycles. The lowest BCUT2D eigenvalue weighted by Crippen LogP contribution is -2.34. The number of ether oxygens (including phenoxy) is 1. The summed E-state index contributed by atoms with van der Waals surface area (Å²) < 4.78 is 6.83. The maximum atomic E-state index is 12.6. The van der Waals surface area contributed by atoms with Crippen molar-refractivity contribution in [2.45, 2.75) is 6.54 Å². The molecule has 0 saturated carbocycles. The molecule has 2 N–H and O–H groups in total. The summed E-state index contributed by atoms with van der Waals surface area (Å²) in [4.78, 5) is 30.6. The molecule has 0 amide bonds. The first-order valence-electron chi connectivity index (χ1n) is 8.53. The van der Waals surface area contributed by atoms with Gasteiger partial charge in [0.05, 0.1) is 13.3 Å². The van der Waals surface area contributed by atoms with Crippen LogP contribution < -0.4 is 21.0 Å². The predicted octanol–water partition coefficient (Wildman–Crippen LogP) is 2.23. The summed E-state index contributed by atoms with van der Waals surface area (Å²) in [5, 5.41) is 0.432. The fraction of sp³-hybridized carbons (Fsp3) is 0.0952. The van der Waals surface area contributed by atoms with Gasteiger partial charge in [0.2, 0.25) is 0 Å². The van der Waals surface area contributed by atoms with Crippen molar-refractivity contribution in [1.29, 1.82) is 0 Å². The zero-order valence-electron chi connectivity index (χ0n) is 14.7. The second-order valence-electron chi connectivity index (χ2n) is 6.18. The van der Waals surface area contributed by atoms with Crippen LogP contribution in [-0.2, 0) is 6.54 Å². The van der Waals surface area contributed by atoms with Gasteiger partial charge in [0, 0.05) is 5.56 Å². The first kappa shape index (κ1) is 16.8. The molecule has 0 unspecified atom stereocenters. The molecule has 0 saturated heterocycles. The van der Waals surface area contributed by atoms with Crippen LogP contribution >= 0.6 is 0 Å². The van der Waals surface area contributed by atoms with E-state index in [0.29, 0.717) is 23.3 Å². The molecule has 0 bridgehead atoms. The minimum Gasteiger partial charge on any atom is -0.497 e. The van der Waals surface area contributed by atoms with Gasteiger partial charge in [-0.2, -0.15) is 4.57 Å². The number of pyridine rings is 1. The monoisotopic (exact) mass is 360 g/mol. The maximum Gasteiger partial charge on any atom is 0.416 e. The minimum absolute atomic E-state index is 0.352. The van der Waals surface area contributed by atoms with E-state index in [4.69, 9.17) is 4.74 Å². The molecule has 6 heteroatoms. The molecule has 134 valence electrons. The Labute approximate surface area is 154 Å². The number of aromatic amines is 2. The van der Waals surface area contributed by atoms with Crippen molar-refractivity contribution >= 4 is 11.0 Å². The zero-order valence-corrected chi connectivity index (χ0v) is 14.7.